The maximum atomic E-state index is 10.7. The summed E-state index contributed by atoms with van der Waals surface area (Å²) in [5, 5.41) is 10.9. The quantitative estimate of drug-likeness (QED) is 0.323. The summed E-state index contributed by atoms with van der Waals surface area (Å²) >= 11 is 0. The van der Waals surface area contributed by atoms with Crippen molar-refractivity contribution < 1.29 is 17.8 Å². The van der Waals surface area contributed by atoms with Crippen molar-refractivity contribution in [1.29, 1.82) is 0 Å². The van der Waals surface area contributed by atoms with Crippen LogP contribution in [0.4, 0.5) is 0 Å². The van der Waals surface area contributed by atoms with E-state index in [0.29, 0.717) is 24.2 Å². The monoisotopic (exact) mass is 520 g/mol. The van der Waals surface area contributed by atoms with Crippen LogP contribution in [0, 0.1) is 23.2 Å². The molecule has 3 rings (SSSR count). The Bertz CT molecular complexity index is 1020. The summed E-state index contributed by atoms with van der Waals surface area (Å²) in [4.78, 5) is 0. The molecule has 5 atom stereocenters. The average molecular weight is 521 g/mol. The summed E-state index contributed by atoms with van der Waals surface area (Å²) in [7, 11) is -1.83. The van der Waals surface area contributed by atoms with Crippen molar-refractivity contribution in [2.45, 2.75) is 149 Å². The molecule has 0 aromatic carbocycles. The van der Waals surface area contributed by atoms with Gasteiger partial charge in [-0.1, -0.05) is 77.3 Å². The average Bonchev–Trinajstić information content (AvgIpc) is 3.19. The number of allylic oxidation sites excluding steroid dienone is 4. The van der Waals surface area contributed by atoms with Crippen molar-refractivity contribution in [3.05, 3.63) is 35.5 Å². The third-order valence-electron chi connectivity index (χ3n) is 10.4. The van der Waals surface area contributed by atoms with Gasteiger partial charge in [0.05, 0.1) is 5.60 Å². The Hall–Kier alpha value is -0.643. The van der Waals surface area contributed by atoms with Crippen LogP contribution in [0.25, 0.3) is 0 Å². The van der Waals surface area contributed by atoms with E-state index in [4.69, 9.17) is 12.7 Å². The van der Waals surface area contributed by atoms with Crippen LogP contribution in [-0.4, -0.2) is 25.1 Å². The van der Waals surface area contributed by atoms with Crippen LogP contribution >= 0.6 is 0 Å². The molecular weight excluding hydrogens is 456 g/mol. The third-order valence-corrected chi connectivity index (χ3v) is 14.9. The number of fused-ring (bicyclic) bond motifs is 1. The van der Waals surface area contributed by atoms with Crippen molar-refractivity contribution in [1.82, 2.24) is 0 Å². The zero-order valence-corrected chi connectivity index (χ0v) is 25.3. The third kappa shape index (κ3) is 7.06. The Morgan fingerprint density at radius 3 is 2.58 bits per heavy atom. The van der Waals surface area contributed by atoms with E-state index in [1.165, 1.54) is 24.0 Å². The molecule has 3 heteroatoms. The molecular formula is C33H58O2Si. The predicted octanol–water partition coefficient (Wildman–Crippen LogP) is 9.76. The first kappa shape index (κ1) is 22.2. The fourth-order valence-electron chi connectivity index (χ4n) is 7.17. The van der Waals surface area contributed by atoms with Gasteiger partial charge in [-0.2, -0.15) is 0 Å². The fourth-order valence-corrected chi connectivity index (χ4v) is 8.56. The number of hydrogen-bond donors (Lipinski definition) is 1. The largest absolute Gasteiger partial charge is 0.414 e. The molecule has 3 aliphatic carbocycles. The maximum Gasteiger partial charge on any atom is 0.192 e. The lowest BCUT2D eigenvalue weighted by molar-refractivity contribution is 0.0596. The van der Waals surface area contributed by atoms with Crippen LogP contribution in [-0.2, 0) is 4.43 Å². The number of aliphatic hydroxyl groups is 1. The van der Waals surface area contributed by atoms with E-state index in [1.807, 2.05) is 0 Å². The Morgan fingerprint density at radius 2 is 1.92 bits per heavy atom. The smallest absolute Gasteiger partial charge is 0.192 e. The van der Waals surface area contributed by atoms with Crippen molar-refractivity contribution in [3.8, 4) is 0 Å². The van der Waals surface area contributed by atoms with Gasteiger partial charge in [0.2, 0.25) is 0 Å². The molecule has 0 aromatic heterocycles. The Labute approximate surface area is 233 Å². The molecule has 0 aliphatic heterocycles. The van der Waals surface area contributed by atoms with Gasteiger partial charge in [0.1, 0.15) is 0 Å². The molecule has 0 bridgehead atoms. The first-order valence-corrected chi connectivity index (χ1v) is 17.4. The van der Waals surface area contributed by atoms with E-state index in [-0.39, 0.29) is 23.0 Å². The normalized spacial score (nSPS) is 36.4. The molecule has 0 unspecified atom stereocenters. The molecule has 0 heterocycles. The van der Waals surface area contributed by atoms with Crippen LogP contribution in [0.15, 0.2) is 35.5 Å². The highest BCUT2D eigenvalue weighted by Gasteiger charge is 2.50. The van der Waals surface area contributed by atoms with Gasteiger partial charge in [0.15, 0.2) is 8.32 Å². The zero-order chi connectivity index (χ0) is 31.9. The van der Waals surface area contributed by atoms with Crippen LogP contribution in [0.5, 0.6) is 0 Å². The molecule has 2 nitrogen and oxygen atoms in total. The highest BCUT2D eigenvalue weighted by Crippen LogP contribution is 2.60. The van der Waals surface area contributed by atoms with Crippen molar-refractivity contribution in [3.63, 3.8) is 0 Å². The second-order valence-corrected chi connectivity index (χ2v) is 18.9. The minimum atomic E-state index is -2.94. The molecule has 3 aliphatic rings. The topological polar surface area (TPSA) is 29.5 Å². The Morgan fingerprint density at radius 1 is 1.19 bits per heavy atom. The molecule has 3 saturated carbocycles. The molecule has 206 valence electrons. The predicted molar refractivity (Wildman–Crippen MR) is 159 cm³/mol. The summed E-state index contributed by atoms with van der Waals surface area (Å²) in [5.74, 6) is 1.37. The first-order chi connectivity index (χ1) is 19.0. The van der Waals surface area contributed by atoms with Crippen LogP contribution in [0.1, 0.15) is 127 Å². The molecule has 36 heavy (non-hydrogen) atoms. The number of rotatable bonds is 8. The molecule has 0 aromatic rings. The van der Waals surface area contributed by atoms with Gasteiger partial charge >= 0.3 is 0 Å². The van der Waals surface area contributed by atoms with Crippen LogP contribution in [0.2, 0.25) is 18.1 Å². The maximum absolute atomic E-state index is 10.7. The van der Waals surface area contributed by atoms with E-state index >= 15 is 0 Å². The van der Waals surface area contributed by atoms with Crippen molar-refractivity contribution in [2.24, 2.45) is 23.2 Å². The summed E-state index contributed by atoms with van der Waals surface area (Å²) in [6, 6.07) is 0. The van der Waals surface area contributed by atoms with E-state index in [9.17, 15) is 5.11 Å². The number of hydrogen-bond acceptors (Lipinski definition) is 2. The van der Waals surface area contributed by atoms with Gasteiger partial charge in [-0.05, 0) is 118 Å². The minimum Gasteiger partial charge on any atom is -0.414 e. The van der Waals surface area contributed by atoms with E-state index in [2.05, 4.69) is 66.4 Å². The van der Waals surface area contributed by atoms with Gasteiger partial charge in [-0.15, -0.1) is 0 Å². The molecule has 3 fully saturated rings. The van der Waals surface area contributed by atoms with Gasteiger partial charge in [-0.3, -0.25) is 0 Å². The Balaban J connectivity index is 1.69. The summed E-state index contributed by atoms with van der Waals surface area (Å²) in [5.41, 5.74) is 1.65. The highest BCUT2D eigenvalue weighted by atomic mass is 28.4. The molecule has 0 spiro atoms. The lowest BCUT2D eigenvalue weighted by atomic mass is 9.60. The van der Waals surface area contributed by atoms with Gasteiger partial charge in [0, 0.05) is 14.3 Å². The minimum absolute atomic E-state index is 0.184. The summed E-state index contributed by atoms with van der Waals surface area (Å²) in [6.07, 6.45) is 14.6. The second kappa shape index (κ2) is 11.2. The van der Waals surface area contributed by atoms with Crippen molar-refractivity contribution in [2.75, 3.05) is 0 Å². The van der Waals surface area contributed by atoms with Crippen molar-refractivity contribution >= 4 is 8.32 Å². The molecule has 1 N–H and O–H groups in total. The standard InChI is InChI=1S/C33H58O2Si/c1-24-15-18-28(35-36(9,10)31(3,4)5)23-27(24)17-16-26-14-12-22-33(8)29(19-20-30(26)33)25(2)13-11-21-32(6,7)34/h16-17,25,28-30,34H,1,11-15,18-23H2,2-10H3/b26-16+,27-17-/t25-,28+,29-,30+,33-/m1/s1/i6D3,7D3. The Kier molecular flexibility index (Phi) is 6.92. The second-order valence-electron chi connectivity index (χ2n) is 14.1. The lowest BCUT2D eigenvalue weighted by Gasteiger charge is -2.44. The lowest BCUT2D eigenvalue weighted by Crippen LogP contribution is -2.44. The highest BCUT2D eigenvalue weighted by molar-refractivity contribution is 6.74. The van der Waals surface area contributed by atoms with Gasteiger partial charge < -0.3 is 9.53 Å². The summed E-state index contributed by atoms with van der Waals surface area (Å²) < 4.78 is 52.8. The van der Waals surface area contributed by atoms with Crippen LogP contribution in [0.3, 0.4) is 0 Å². The fraction of sp³-hybridized carbons (Fsp3) is 0.818. The van der Waals surface area contributed by atoms with Gasteiger partial charge in [0.25, 0.3) is 0 Å². The van der Waals surface area contributed by atoms with E-state index in [1.54, 1.807) is 5.57 Å². The molecule has 0 saturated heterocycles. The first-order valence-electron chi connectivity index (χ1n) is 17.5. The van der Waals surface area contributed by atoms with E-state index < -0.39 is 27.6 Å². The van der Waals surface area contributed by atoms with Gasteiger partial charge in [-0.25, -0.2) is 0 Å². The SMILES string of the molecule is [2H]C([2H])([2H])C(O)(CCC[C@@H](C)[C@H]1CC[C@H]2/C(=C/C=C3/C[C@@H](O[Si](C)(C)C(C)(C)C)CCC3=C)CCC[C@]12C)C([2H])([2H])[2H]. The molecule has 0 radical (unpaired) electrons. The molecule has 0 amide bonds. The van der Waals surface area contributed by atoms with E-state index in [0.717, 1.165) is 44.9 Å². The van der Waals surface area contributed by atoms with Crippen LogP contribution < -0.4 is 0 Å². The zero-order valence-electron chi connectivity index (χ0n) is 30.3. The summed E-state index contributed by atoms with van der Waals surface area (Å²) in [6.45, 7) is 14.8.